The molecule has 0 saturated heterocycles. The summed E-state index contributed by atoms with van der Waals surface area (Å²) in [7, 11) is 9.54. The van der Waals surface area contributed by atoms with Crippen molar-refractivity contribution in [2.45, 2.75) is 110 Å². The normalized spacial score (nSPS) is 12.7. The standard InChI is InChI=1S/C25H56N2/c1-7-22-26(3,4)24-20-18-16-14-12-10-9-11-13-15-17-19-21-25-27(5,6)23-8-2/h7-25H2,1-6H3/q+2. The highest BCUT2D eigenvalue weighted by atomic mass is 15.3. The molecule has 0 amide bonds. The molecule has 0 radical (unpaired) electrons. The average Bonchev–Trinajstić information content (AvgIpc) is 2.58. The molecule has 0 aliphatic rings. The third kappa shape index (κ3) is 19.0. The zero-order chi connectivity index (χ0) is 20.4. The molecule has 0 fully saturated rings. The second-order valence-electron chi connectivity index (χ2n) is 10.4. The minimum atomic E-state index is 1.21. The zero-order valence-corrected chi connectivity index (χ0v) is 20.3. The van der Waals surface area contributed by atoms with Crippen LogP contribution in [0, 0.1) is 0 Å². The van der Waals surface area contributed by atoms with Gasteiger partial charge in [-0.15, -0.1) is 0 Å². The first-order valence-corrected chi connectivity index (χ1v) is 12.5. The van der Waals surface area contributed by atoms with E-state index in [-0.39, 0.29) is 0 Å². The SMILES string of the molecule is CCC[N+](C)(C)CCCCCCCCCCCCCCC[N+](C)(C)CCC. The molecule has 27 heavy (non-hydrogen) atoms. The van der Waals surface area contributed by atoms with Gasteiger partial charge in [0, 0.05) is 0 Å². The van der Waals surface area contributed by atoms with Gasteiger partial charge in [0.25, 0.3) is 0 Å². The predicted molar refractivity (Wildman–Crippen MR) is 124 cm³/mol. The number of quaternary nitrogens is 2. The Morgan fingerprint density at radius 3 is 0.778 bits per heavy atom. The molecule has 0 atom stereocenters. The average molecular weight is 385 g/mol. The van der Waals surface area contributed by atoms with Crippen LogP contribution in [0.3, 0.4) is 0 Å². The predicted octanol–water partition coefficient (Wildman–Crippen LogP) is 7.03. The molecule has 0 spiro atoms. The molecule has 2 heteroatoms. The van der Waals surface area contributed by atoms with E-state index in [9.17, 15) is 0 Å². The van der Waals surface area contributed by atoms with Crippen molar-refractivity contribution in [3.8, 4) is 0 Å². The lowest BCUT2D eigenvalue weighted by Crippen LogP contribution is -2.40. The van der Waals surface area contributed by atoms with Crippen molar-refractivity contribution < 1.29 is 8.97 Å². The molecule has 0 saturated carbocycles. The van der Waals surface area contributed by atoms with Gasteiger partial charge in [0.2, 0.25) is 0 Å². The van der Waals surface area contributed by atoms with Crippen molar-refractivity contribution in [2.75, 3.05) is 54.4 Å². The highest BCUT2D eigenvalue weighted by Crippen LogP contribution is 2.14. The molecule has 0 aliphatic heterocycles. The molecule has 0 N–H and O–H groups in total. The summed E-state index contributed by atoms with van der Waals surface area (Å²) in [4.78, 5) is 0. The smallest absolute Gasteiger partial charge is 0.0782 e. The largest absolute Gasteiger partial charge is 0.328 e. The van der Waals surface area contributed by atoms with Crippen LogP contribution < -0.4 is 0 Å². The summed E-state index contributed by atoms with van der Waals surface area (Å²) in [6.07, 6.45) is 21.5. The van der Waals surface area contributed by atoms with Gasteiger partial charge in [-0.25, -0.2) is 0 Å². The molecule has 0 aromatic heterocycles. The molecule has 0 unspecified atom stereocenters. The first-order valence-electron chi connectivity index (χ1n) is 12.5. The molecule has 0 bridgehead atoms. The third-order valence-electron chi connectivity index (χ3n) is 6.18. The van der Waals surface area contributed by atoms with Gasteiger partial charge in [0.05, 0.1) is 54.4 Å². The van der Waals surface area contributed by atoms with Crippen molar-refractivity contribution in [3.05, 3.63) is 0 Å². The van der Waals surface area contributed by atoms with Gasteiger partial charge in [-0.1, -0.05) is 71.6 Å². The summed E-state index contributed by atoms with van der Waals surface area (Å²) in [5.41, 5.74) is 0. The summed E-state index contributed by atoms with van der Waals surface area (Å²) in [6, 6.07) is 0. The van der Waals surface area contributed by atoms with Crippen LogP contribution in [0.1, 0.15) is 110 Å². The maximum atomic E-state index is 2.38. The van der Waals surface area contributed by atoms with E-state index >= 15 is 0 Å². The van der Waals surface area contributed by atoms with Crippen molar-refractivity contribution in [2.24, 2.45) is 0 Å². The number of hydrogen-bond donors (Lipinski definition) is 0. The van der Waals surface area contributed by atoms with E-state index in [1.54, 1.807) is 0 Å². The van der Waals surface area contributed by atoms with Crippen molar-refractivity contribution in [3.63, 3.8) is 0 Å². The Hall–Kier alpha value is -0.0800. The molecule has 2 nitrogen and oxygen atoms in total. The van der Waals surface area contributed by atoms with E-state index in [1.807, 2.05) is 0 Å². The summed E-state index contributed by atoms with van der Waals surface area (Å²) in [6.45, 7) is 9.99. The van der Waals surface area contributed by atoms with Gasteiger partial charge in [0.1, 0.15) is 0 Å². The van der Waals surface area contributed by atoms with Gasteiger partial charge in [-0.3, -0.25) is 0 Å². The molecule has 0 heterocycles. The van der Waals surface area contributed by atoms with Crippen LogP contribution in [0.25, 0.3) is 0 Å². The van der Waals surface area contributed by atoms with Crippen LogP contribution in [0.2, 0.25) is 0 Å². The molecule has 0 aromatic rings. The van der Waals surface area contributed by atoms with Crippen LogP contribution in [0.4, 0.5) is 0 Å². The summed E-state index contributed by atoms with van der Waals surface area (Å²) in [5, 5.41) is 0. The van der Waals surface area contributed by atoms with E-state index in [1.165, 1.54) is 131 Å². The Morgan fingerprint density at radius 1 is 0.333 bits per heavy atom. The topological polar surface area (TPSA) is 0 Å². The van der Waals surface area contributed by atoms with Gasteiger partial charge >= 0.3 is 0 Å². The van der Waals surface area contributed by atoms with Crippen LogP contribution in [0.15, 0.2) is 0 Å². The lowest BCUT2D eigenvalue weighted by atomic mass is 10.0. The molecular weight excluding hydrogens is 328 g/mol. The number of hydrogen-bond acceptors (Lipinski definition) is 0. The van der Waals surface area contributed by atoms with E-state index in [0.717, 1.165) is 0 Å². The second kappa shape index (κ2) is 16.8. The maximum absolute atomic E-state index is 2.38. The molecule has 0 rings (SSSR count). The third-order valence-corrected chi connectivity index (χ3v) is 6.18. The highest BCUT2D eigenvalue weighted by molar-refractivity contribution is 4.50. The number of rotatable bonds is 20. The molecule has 0 aliphatic carbocycles. The number of unbranched alkanes of at least 4 members (excludes halogenated alkanes) is 12. The van der Waals surface area contributed by atoms with E-state index in [2.05, 4.69) is 42.0 Å². The number of nitrogens with zero attached hydrogens (tertiary/aromatic N) is 2. The van der Waals surface area contributed by atoms with Gasteiger partial charge in [-0.05, 0) is 38.5 Å². The van der Waals surface area contributed by atoms with Crippen molar-refractivity contribution >= 4 is 0 Å². The molecule has 164 valence electrons. The Morgan fingerprint density at radius 2 is 0.556 bits per heavy atom. The van der Waals surface area contributed by atoms with E-state index in [0.29, 0.717) is 0 Å². The fourth-order valence-corrected chi connectivity index (χ4v) is 4.46. The van der Waals surface area contributed by atoms with Crippen LogP contribution in [0.5, 0.6) is 0 Å². The van der Waals surface area contributed by atoms with Gasteiger partial charge < -0.3 is 8.97 Å². The van der Waals surface area contributed by atoms with E-state index < -0.39 is 0 Å². The van der Waals surface area contributed by atoms with Crippen LogP contribution in [-0.4, -0.2) is 63.3 Å². The summed E-state index contributed by atoms with van der Waals surface area (Å²) >= 11 is 0. The first kappa shape index (κ1) is 26.9. The van der Waals surface area contributed by atoms with Crippen LogP contribution in [-0.2, 0) is 0 Å². The highest BCUT2D eigenvalue weighted by Gasteiger charge is 2.12. The Bertz CT molecular complexity index is 279. The lowest BCUT2D eigenvalue weighted by molar-refractivity contribution is -0.890. The molecule has 0 aromatic carbocycles. The second-order valence-corrected chi connectivity index (χ2v) is 10.4. The van der Waals surface area contributed by atoms with Crippen molar-refractivity contribution in [1.29, 1.82) is 0 Å². The van der Waals surface area contributed by atoms with Crippen LogP contribution >= 0.6 is 0 Å². The Labute approximate surface area is 173 Å². The van der Waals surface area contributed by atoms with Gasteiger partial charge in [-0.2, -0.15) is 0 Å². The Kier molecular flexibility index (Phi) is 16.8. The maximum Gasteiger partial charge on any atom is 0.0782 e. The quantitative estimate of drug-likeness (QED) is 0.156. The van der Waals surface area contributed by atoms with Gasteiger partial charge in [0.15, 0.2) is 0 Å². The summed E-state index contributed by atoms with van der Waals surface area (Å²) < 4.78 is 2.43. The fourth-order valence-electron chi connectivity index (χ4n) is 4.46. The summed E-state index contributed by atoms with van der Waals surface area (Å²) in [5.74, 6) is 0. The minimum Gasteiger partial charge on any atom is -0.328 e. The van der Waals surface area contributed by atoms with E-state index in [4.69, 9.17) is 0 Å². The lowest BCUT2D eigenvalue weighted by Gasteiger charge is -2.29. The monoisotopic (exact) mass is 384 g/mol. The zero-order valence-electron chi connectivity index (χ0n) is 20.3. The fraction of sp³-hybridized carbons (Fsp3) is 1.00. The first-order chi connectivity index (χ1) is 12.8. The minimum absolute atomic E-state index is 1.21. The molecular formula is C25H56N2+2. The Balaban J connectivity index is 3.23. The van der Waals surface area contributed by atoms with Crippen molar-refractivity contribution in [1.82, 2.24) is 0 Å².